The van der Waals surface area contributed by atoms with E-state index in [9.17, 15) is 22.9 Å². The van der Waals surface area contributed by atoms with E-state index in [0.717, 1.165) is 6.07 Å². The predicted molar refractivity (Wildman–Crippen MR) is 118 cm³/mol. The molecule has 0 unspecified atom stereocenters. The first-order valence-electron chi connectivity index (χ1n) is 9.69. The van der Waals surface area contributed by atoms with Crippen LogP contribution in [0.2, 0.25) is 0 Å². The Morgan fingerprint density at radius 3 is 2.44 bits per heavy atom. The second kappa shape index (κ2) is 8.67. The third-order valence-electron chi connectivity index (χ3n) is 4.55. The molecule has 32 heavy (non-hydrogen) atoms. The largest absolute Gasteiger partial charge is 0.366 e. The molecule has 9 nitrogen and oxygen atoms in total. The van der Waals surface area contributed by atoms with Crippen LogP contribution < -0.4 is 10.0 Å². The molecule has 0 bridgehead atoms. The third-order valence-corrected chi connectivity index (χ3v) is 6.31. The van der Waals surface area contributed by atoms with Crippen molar-refractivity contribution in [2.45, 2.75) is 37.2 Å². The van der Waals surface area contributed by atoms with Gasteiger partial charge in [0.25, 0.3) is 5.69 Å². The van der Waals surface area contributed by atoms with Crippen molar-refractivity contribution >= 4 is 21.4 Å². The van der Waals surface area contributed by atoms with Crippen LogP contribution in [0.3, 0.4) is 0 Å². The quantitative estimate of drug-likeness (QED) is 0.409. The van der Waals surface area contributed by atoms with Gasteiger partial charge in [0.15, 0.2) is 0 Å². The second-order valence-electron chi connectivity index (χ2n) is 8.29. The monoisotopic (exact) mass is 461 g/mol. The Balaban J connectivity index is 2.08. The number of hydrogen-bond donors (Lipinski definition) is 2. The molecule has 1 heterocycles. The van der Waals surface area contributed by atoms with Crippen LogP contribution >= 0.6 is 0 Å². The number of halogens is 1. The molecule has 3 rings (SSSR count). The van der Waals surface area contributed by atoms with Gasteiger partial charge in [0.2, 0.25) is 10.0 Å². The molecule has 0 amide bonds. The molecule has 2 aromatic carbocycles. The van der Waals surface area contributed by atoms with Gasteiger partial charge in [-0.25, -0.2) is 22.5 Å². The SMILES string of the molecule is Cn1ccnc1[C@H](Nc1ccc(S(=O)(=O)NC(C)(C)C)cc1[N+](=O)[O-])c1ccccc1F. The summed E-state index contributed by atoms with van der Waals surface area (Å²) in [5, 5.41) is 14.8. The number of anilines is 1. The lowest BCUT2D eigenvalue weighted by molar-refractivity contribution is -0.384. The van der Waals surface area contributed by atoms with E-state index in [4.69, 9.17) is 0 Å². The summed E-state index contributed by atoms with van der Waals surface area (Å²) in [7, 11) is -2.26. The summed E-state index contributed by atoms with van der Waals surface area (Å²) in [6, 6.07) is 8.72. The number of benzene rings is 2. The van der Waals surface area contributed by atoms with Crippen molar-refractivity contribution in [3.8, 4) is 0 Å². The van der Waals surface area contributed by atoms with Crippen molar-refractivity contribution < 1.29 is 17.7 Å². The first kappa shape index (κ1) is 23.4. The van der Waals surface area contributed by atoms with E-state index in [1.807, 2.05) is 0 Å². The van der Waals surface area contributed by atoms with Crippen LogP contribution in [0, 0.1) is 15.9 Å². The zero-order chi connectivity index (χ0) is 23.7. The normalized spacial score (nSPS) is 13.0. The minimum absolute atomic E-state index is 0.0287. The lowest BCUT2D eigenvalue weighted by Crippen LogP contribution is -2.40. The summed E-state index contributed by atoms with van der Waals surface area (Å²) in [5.41, 5.74) is -0.959. The van der Waals surface area contributed by atoms with Gasteiger partial charge < -0.3 is 9.88 Å². The van der Waals surface area contributed by atoms with Crippen LogP contribution in [-0.4, -0.2) is 28.4 Å². The highest BCUT2D eigenvalue weighted by molar-refractivity contribution is 7.89. The highest BCUT2D eigenvalue weighted by atomic mass is 32.2. The van der Waals surface area contributed by atoms with Gasteiger partial charge in [-0.3, -0.25) is 10.1 Å². The Hall–Kier alpha value is -3.31. The van der Waals surface area contributed by atoms with E-state index < -0.39 is 38.0 Å². The van der Waals surface area contributed by atoms with Crippen molar-refractivity contribution in [1.29, 1.82) is 0 Å². The minimum atomic E-state index is -3.99. The molecule has 11 heteroatoms. The molecular weight excluding hydrogens is 437 g/mol. The molecular formula is C21H24FN5O4S. The van der Waals surface area contributed by atoms with Gasteiger partial charge in [0.1, 0.15) is 23.4 Å². The maximum atomic E-state index is 14.6. The molecule has 170 valence electrons. The zero-order valence-corrected chi connectivity index (χ0v) is 18.9. The van der Waals surface area contributed by atoms with Gasteiger partial charge in [-0.1, -0.05) is 18.2 Å². The number of nitro benzene ring substituents is 1. The van der Waals surface area contributed by atoms with Crippen LogP contribution in [-0.2, 0) is 17.1 Å². The Bertz CT molecular complexity index is 1250. The van der Waals surface area contributed by atoms with Crippen molar-refractivity contribution in [3.05, 3.63) is 82.2 Å². The molecule has 0 fully saturated rings. The number of nitro groups is 1. The highest BCUT2D eigenvalue weighted by Gasteiger charge is 2.28. The predicted octanol–water partition coefficient (Wildman–Crippen LogP) is 3.75. The van der Waals surface area contributed by atoms with Crippen LogP contribution in [0.1, 0.15) is 38.2 Å². The molecule has 0 aliphatic heterocycles. The number of sulfonamides is 1. The smallest absolute Gasteiger partial charge is 0.293 e. The van der Waals surface area contributed by atoms with Crippen molar-refractivity contribution in [1.82, 2.24) is 14.3 Å². The fraction of sp³-hybridized carbons (Fsp3) is 0.286. The molecule has 1 aromatic heterocycles. The van der Waals surface area contributed by atoms with Crippen LogP contribution in [0.15, 0.2) is 59.8 Å². The van der Waals surface area contributed by atoms with Crippen LogP contribution in [0.5, 0.6) is 0 Å². The van der Waals surface area contributed by atoms with Gasteiger partial charge in [0.05, 0.1) is 9.82 Å². The van der Waals surface area contributed by atoms with E-state index in [-0.39, 0.29) is 16.1 Å². The first-order chi connectivity index (χ1) is 14.9. The second-order valence-corrected chi connectivity index (χ2v) is 9.97. The Morgan fingerprint density at radius 2 is 1.88 bits per heavy atom. The third kappa shape index (κ3) is 5.11. The maximum Gasteiger partial charge on any atom is 0.293 e. The summed E-state index contributed by atoms with van der Waals surface area (Å²) in [6.45, 7) is 5.00. The standard InChI is InChI=1S/C21H24FN5O4S/c1-21(2,3)25-32(30,31)14-9-10-17(18(13-14)27(28)29)24-19(20-23-11-12-26(20)4)15-7-5-6-8-16(15)22/h5-13,19,24-25H,1-4H3/t19-/m1/s1. The van der Waals surface area contributed by atoms with E-state index in [0.29, 0.717) is 5.82 Å². The summed E-state index contributed by atoms with van der Waals surface area (Å²) in [5.74, 6) is -0.0836. The number of rotatable bonds is 7. The van der Waals surface area contributed by atoms with E-state index in [2.05, 4.69) is 15.0 Å². The van der Waals surface area contributed by atoms with E-state index in [1.165, 1.54) is 24.4 Å². The maximum absolute atomic E-state index is 14.6. The number of nitrogens with one attached hydrogen (secondary N) is 2. The molecule has 0 saturated carbocycles. The van der Waals surface area contributed by atoms with Crippen molar-refractivity contribution in [3.63, 3.8) is 0 Å². The lowest BCUT2D eigenvalue weighted by Gasteiger charge is -2.22. The molecule has 0 spiro atoms. The summed E-state index contributed by atoms with van der Waals surface area (Å²) < 4.78 is 44.0. The first-order valence-corrected chi connectivity index (χ1v) is 11.2. The minimum Gasteiger partial charge on any atom is -0.366 e. The number of aryl methyl sites for hydroxylation is 1. The number of nitrogens with zero attached hydrogens (tertiary/aromatic N) is 3. The Morgan fingerprint density at radius 1 is 1.19 bits per heavy atom. The van der Waals surface area contributed by atoms with Gasteiger partial charge in [-0.2, -0.15) is 0 Å². The average Bonchev–Trinajstić information content (AvgIpc) is 3.10. The van der Waals surface area contributed by atoms with Crippen molar-refractivity contribution in [2.75, 3.05) is 5.32 Å². The molecule has 0 radical (unpaired) electrons. The highest BCUT2D eigenvalue weighted by Crippen LogP contribution is 2.34. The molecule has 2 N–H and O–H groups in total. The average molecular weight is 462 g/mol. The molecule has 0 saturated heterocycles. The fourth-order valence-electron chi connectivity index (χ4n) is 3.22. The van der Waals surface area contributed by atoms with E-state index >= 15 is 0 Å². The number of hydrogen-bond acceptors (Lipinski definition) is 6. The topological polar surface area (TPSA) is 119 Å². The van der Waals surface area contributed by atoms with Gasteiger partial charge in [-0.15, -0.1) is 0 Å². The lowest BCUT2D eigenvalue weighted by atomic mass is 10.0. The van der Waals surface area contributed by atoms with Crippen molar-refractivity contribution in [2.24, 2.45) is 7.05 Å². The van der Waals surface area contributed by atoms with Gasteiger partial charge in [0, 0.05) is 36.6 Å². The van der Waals surface area contributed by atoms with E-state index in [1.54, 1.807) is 56.8 Å². The summed E-state index contributed by atoms with van der Waals surface area (Å²) in [4.78, 5) is 15.1. The Labute approximate surface area is 185 Å². The summed E-state index contributed by atoms with van der Waals surface area (Å²) >= 11 is 0. The summed E-state index contributed by atoms with van der Waals surface area (Å²) in [6.07, 6.45) is 3.21. The number of imidazole rings is 1. The van der Waals surface area contributed by atoms with Crippen LogP contribution in [0.25, 0.3) is 0 Å². The molecule has 0 aliphatic carbocycles. The van der Waals surface area contributed by atoms with Crippen LogP contribution in [0.4, 0.5) is 15.8 Å². The molecule has 1 atom stereocenters. The Kier molecular flexibility index (Phi) is 6.33. The molecule has 0 aliphatic rings. The van der Waals surface area contributed by atoms with Gasteiger partial charge in [-0.05, 0) is 39.0 Å². The fourth-order valence-corrected chi connectivity index (χ4v) is 4.65. The molecule has 3 aromatic rings. The zero-order valence-electron chi connectivity index (χ0n) is 18.0. The van der Waals surface area contributed by atoms with Gasteiger partial charge >= 0.3 is 0 Å². The number of aromatic nitrogens is 2.